The summed E-state index contributed by atoms with van der Waals surface area (Å²) in [7, 11) is 1.44. The summed E-state index contributed by atoms with van der Waals surface area (Å²) >= 11 is 2.84. The maximum atomic E-state index is 13.7. The minimum Gasteiger partial charge on any atom is -0.367 e. The monoisotopic (exact) mass is 359 g/mol. The van der Waals surface area contributed by atoms with Gasteiger partial charge in [0.2, 0.25) is 11.6 Å². The average Bonchev–Trinajstić information content (AvgIpc) is 2.44. The average molecular weight is 360 g/mol. The van der Waals surface area contributed by atoms with Crippen LogP contribution in [0.15, 0.2) is 22.9 Å². The van der Waals surface area contributed by atoms with Crippen LogP contribution in [-0.2, 0) is 0 Å². The van der Waals surface area contributed by atoms with Crippen LogP contribution >= 0.6 is 15.9 Å². The molecule has 2 aromatic rings. The molecule has 0 atom stereocenters. The summed E-state index contributed by atoms with van der Waals surface area (Å²) in [5, 5.41) is 16.0. The van der Waals surface area contributed by atoms with E-state index in [1.54, 1.807) is 0 Å². The molecule has 110 valence electrons. The van der Waals surface area contributed by atoms with Gasteiger partial charge in [-0.3, -0.25) is 10.1 Å². The number of hydrogen-bond acceptors (Lipinski definition) is 6. The lowest BCUT2D eigenvalue weighted by molar-refractivity contribution is -0.383. The number of aromatic nitrogens is 2. The van der Waals surface area contributed by atoms with Crippen molar-refractivity contribution in [1.82, 2.24) is 9.97 Å². The van der Waals surface area contributed by atoms with Crippen LogP contribution in [0.2, 0.25) is 0 Å². The summed E-state index contributed by atoms with van der Waals surface area (Å²) in [6.45, 7) is 0. The molecule has 1 aromatic heterocycles. The van der Waals surface area contributed by atoms with Crippen LogP contribution in [0, 0.1) is 21.7 Å². The normalized spacial score (nSPS) is 10.3. The van der Waals surface area contributed by atoms with Gasteiger partial charge in [0, 0.05) is 13.1 Å². The molecule has 0 saturated heterocycles. The fourth-order valence-electron chi connectivity index (χ4n) is 1.57. The van der Waals surface area contributed by atoms with Crippen molar-refractivity contribution >= 4 is 38.9 Å². The molecule has 0 amide bonds. The lowest BCUT2D eigenvalue weighted by Gasteiger charge is -2.09. The van der Waals surface area contributed by atoms with Gasteiger partial charge in [-0.2, -0.15) is 0 Å². The Labute approximate surface area is 125 Å². The summed E-state index contributed by atoms with van der Waals surface area (Å²) in [6, 6.07) is 1.77. The van der Waals surface area contributed by atoms with Crippen molar-refractivity contribution in [2.45, 2.75) is 0 Å². The van der Waals surface area contributed by atoms with E-state index in [0.717, 1.165) is 18.5 Å². The predicted octanol–water partition coefficient (Wildman–Crippen LogP) is 3.21. The fourth-order valence-corrected chi connectivity index (χ4v) is 1.89. The highest BCUT2D eigenvalue weighted by molar-refractivity contribution is 9.10. The number of anilines is 3. The van der Waals surface area contributed by atoms with E-state index in [4.69, 9.17) is 0 Å². The van der Waals surface area contributed by atoms with Gasteiger partial charge >= 0.3 is 5.69 Å². The smallest absolute Gasteiger partial charge is 0.353 e. The highest BCUT2D eigenvalue weighted by Gasteiger charge is 2.23. The number of hydrogen-bond donors (Lipinski definition) is 2. The van der Waals surface area contributed by atoms with Crippen LogP contribution in [0.4, 0.5) is 31.8 Å². The zero-order valence-corrected chi connectivity index (χ0v) is 12.1. The second-order valence-electron chi connectivity index (χ2n) is 3.80. The lowest BCUT2D eigenvalue weighted by atomic mass is 10.3. The molecule has 2 N–H and O–H groups in total. The quantitative estimate of drug-likeness (QED) is 0.494. The summed E-state index contributed by atoms with van der Waals surface area (Å²) in [5.74, 6) is -1.80. The maximum absolute atomic E-state index is 13.7. The number of rotatable bonds is 4. The molecule has 0 radical (unpaired) electrons. The first-order chi connectivity index (χ1) is 9.93. The third-order valence-electron chi connectivity index (χ3n) is 2.50. The van der Waals surface area contributed by atoms with Gasteiger partial charge in [0.1, 0.15) is 18.0 Å². The molecule has 0 spiro atoms. The van der Waals surface area contributed by atoms with Gasteiger partial charge in [0.25, 0.3) is 0 Å². The Morgan fingerprint density at radius 2 is 1.90 bits per heavy atom. The molecule has 0 unspecified atom stereocenters. The molecule has 0 aliphatic heterocycles. The van der Waals surface area contributed by atoms with E-state index in [2.05, 4.69) is 36.5 Å². The number of benzene rings is 1. The van der Waals surface area contributed by atoms with Gasteiger partial charge < -0.3 is 10.6 Å². The molecule has 0 saturated carbocycles. The van der Waals surface area contributed by atoms with Crippen LogP contribution < -0.4 is 10.6 Å². The Hall–Kier alpha value is -2.36. The molecule has 1 aromatic carbocycles. The van der Waals surface area contributed by atoms with Crippen LogP contribution in [0.5, 0.6) is 0 Å². The lowest BCUT2D eigenvalue weighted by Crippen LogP contribution is -2.06. The molecule has 0 bridgehead atoms. The second-order valence-corrected chi connectivity index (χ2v) is 4.65. The number of nitrogens with zero attached hydrogens (tertiary/aromatic N) is 3. The first kappa shape index (κ1) is 15.0. The van der Waals surface area contributed by atoms with Gasteiger partial charge in [-0.05, 0) is 22.0 Å². The Morgan fingerprint density at radius 1 is 1.24 bits per heavy atom. The van der Waals surface area contributed by atoms with Crippen molar-refractivity contribution in [3.8, 4) is 0 Å². The highest BCUT2D eigenvalue weighted by atomic mass is 79.9. The minimum absolute atomic E-state index is 0.0458. The molecule has 7 nitrogen and oxygen atoms in total. The van der Waals surface area contributed by atoms with Crippen LogP contribution in [0.3, 0.4) is 0 Å². The standard InChI is InChI=1S/C11H8BrF2N5O2/c1-15-10-9(19(20)21)11(17-4-16-10)18-8-3-6(13)5(12)2-7(8)14/h2-4H,1H3,(H2,15,16,17,18). The molecule has 0 aliphatic rings. The Kier molecular flexibility index (Phi) is 4.26. The van der Waals surface area contributed by atoms with E-state index in [1.807, 2.05) is 0 Å². The zero-order valence-electron chi connectivity index (χ0n) is 10.5. The Morgan fingerprint density at radius 3 is 2.52 bits per heavy atom. The Bertz CT molecular complexity index is 713. The van der Waals surface area contributed by atoms with E-state index in [1.165, 1.54) is 7.05 Å². The van der Waals surface area contributed by atoms with Gasteiger partial charge in [0.15, 0.2) is 0 Å². The maximum Gasteiger partial charge on any atom is 0.353 e. The first-order valence-electron chi connectivity index (χ1n) is 5.52. The number of nitro groups is 1. The number of nitrogens with one attached hydrogen (secondary N) is 2. The fraction of sp³-hybridized carbons (Fsp3) is 0.0909. The molecule has 0 fully saturated rings. The summed E-state index contributed by atoms with van der Waals surface area (Å²) in [5.41, 5.74) is -0.748. The van der Waals surface area contributed by atoms with E-state index in [9.17, 15) is 18.9 Å². The third-order valence-corrected chi connectivity index (χ3v) is 3.11. The van der Waals surface area contributed by atoms with Crippen LogP contribution in [0.1, 0.15) is 0 Å². The largest absolute Gasteiger partial charge is 0.367 e. The van der Waals surface area contributed by atoms with Gasteiger partial charge in [0.05, 0.1) is 15.1 Å². The minimum atomic E-state index is -0.790. The zero-order chi connectivity index (χ0) is 15.6. The van der Waals surface area contributed by atoms with Crippen molar-refractivity contribution in [3.05, 3.63) is 44.7 Å². The van der Waals surface area contributed by atoms with Crippen molar-refractivity contribution in [2.24, 2.45) is 0 Å². The summed E-state index contributed by atoms with van der Waals surface area (Å²) < 4.78 is 27.1. The van der Waals surface area contributed by atoms with Crippen molar-refractivity contribution in [2.75, 3.05) is 17.7 Å². The molecular weight excluding hydrogens is 352 g/mol. The van der Waals surface area contributed by atoms with Crippen molar-refractivity contribution in [3.63, 3.8) is 0 Å². The number of halogens is 3. The van der Waals surface area contributed by atoms with Crippen molar-refractivity contribution in [1.29, 1.82) is 0 Å². The first-order valence-corrected chi connectivity index (χ1v) is 6.32. The van der Waals surface area contributed by atoms with E-state index in [-0.39, 0.29) is 21.8 Å². The third kappa shape index (κ3) is 3.05. The molecule has 0 aliphatic carbocycles. The summed E-state index contributed by atoms with van der Waals surface area (Å²) in [4.78, 5) is 17.7. The van der Waals surface area contributed by atoms with E-state index >= 15 is 0 Å². The second kappa shape index (κ2) is 5.95. The molecule has 21 heavy (non-hydrogen) atoms. The highest BCUT2D eigenvalue weighted by Crippen LogP contribution is 2.32. The van der Waals surface area contributed by atoms with E-state index in [0.29, 0.717) is 0 Å². The summed E-state index contributed by atoms with van der Waals surface area (Å²) in [6.07, 6.45) is 1.06. The molecular formula is C11H8BrF2N5O2. The predicted molar refractivity (Wildman–Crippen MR) is 75.6 cm³/mol. The Balaban J connectivity index is 2.49. The topological polar surface area (TPSA) is 93.0 Å². The molecule has 10 heteroatoms. The van der Waals surface area contributed by atoms with Gasteiger partial charge in [-0.15, -0.1) is 0 Å². The van der Waals surface area contributed by atoms with Crippen LogP contribution in [0.25, 0.3) is 0 Å². The molecule has 1 heterocycles. The van der Waals surface area contributed by atoms with Crippen LogP contribution in [-0.4, -0.2) is 21.9 Å². The van der Waals surface area contributed by atoms with Gasteiger partial charge in [-0.1, -0.05) is 0 Å². The SMILES string of the molecule is CNc1ncnc(Nc2cc(F)c(Br)cc2F)c1[N+](=O)[O-]. The van der Waals surface area contributed by atoms with Crippen molar-refractivity contribution < 1.29 is 13.7 Å². The molecule has 2 rings (SSSR count). The van der Waals surface area contributed by atoms with E-state index < -0.39 is 22.2 Å². The van der Waals surface area contributed by atoms with Gasteiger partial charge in [-0.25, -0.2) is 18.7 Å².